The molecule has 0 bridgehead atoms. The van der Waals surface area contributed by atoms with Crippen LogP contribution in [-0.2, 0) is 14.3 Å². The topological polar surface area (TPSA) is 80.7 Å². The molecule has 1 N–H and O–H groups in total. The first kappa shape index (κ1) is 15.7. The van der Waals surface area contributed by atoms with E-state index in [0.29, 0.717) is 17.1 Å². The smallest absolute Gasteiger partial charge is 0.335 e. The van der Waals surface area contributed by atoms with E-state index in [4.69, 9.17) is 4.18 Å². The average Bonchev–Trinajstić information content (AvgIpc) is 2.37. The largest absolute Gasteiger partial charge is 0.478 e. The maximum Gasteiger partial charge on any atom is 0.335 e. The molecule has 2 atom stereocenters. The van der Waals surface area contributed by atoms with Gasteiger partial charge in [0.25, 0.3) is 10.1 Å². The fourth-order valence-electron chi connectivity index (χ4n) is 2.08. The van der Waals surface area contributed by atoms with E-state index in [2.05, 4.69) is 0 Å². The molecular formula is C12H14O5S3. The van der Waals surface area contributed by atoms with Gasteiger partial charge < -0.3 is 5.11 Å². The first-order valence-corrected chi connectivity index (χ1v) is 10.1. The van der Waals surface area contributed by atoms with Crippen LogP contribution < -0.4 is 0 Å². The summed E-state index contributed by atoms with van der Waals surface area (Å²) < 4.78 is 27.8. The fourth-order valence-corrected chi connectivity index (χ4v) is 5.41. The molecule has 0 spiro atoms. The van der Waals surface area contributed by atoms with Crippen LogP contribution in [0.2, 0.25) is 0 Å². The highest BCUT2D eigenvalue weighted by atomic mass is 33.1. The summed E-state index contributed by atoms with van der Waals surface area (Å²) >= 11 is 0. The molecule has 110 valence electrons. The van der Waals surface area contributed by atoms with Crippen LogP contribution >= 0.6 is 21.6 Å². The van der Waals surface area contributed by atoms with Gasteiger partial charge in [0.15, 0.2) is 0 Å². The number of aromatic carboxylic acids is 1. The third-order valence-electron chi connectivity index (χ3n) is 2.90. The van der Waals surface area contributed by atoms with E-state index in [1.165, 1.54) is 16.9 Å². The second-order valence-electron chi connectivity index (χ2n) is 4.41. The van der Waals surface area contributed by atoms with Gasteiger partial charge >= 0.3 is 5.97 Å². The number of carboxylic acids is 1. The Kier molecular flexibility index (Phi) is 5.00. The lowest BCUT2D eigenvalue weighted by molar-refractivity contribution is 0.0694. The number of carbonyl (C=O) groups is 1. The molecule has 1 aromatic rings. The number of rotatable bonds is 4. The van der Waals surface area contributed by atoms with E-state index in [9.17, 15) is 18.3 Å². The second kappa shape index (κ2) is 6.38. The molecule has 0 aromatic heterocycles. The van der Waals surface area contributed by atoms with E-state index in [1.807, 2.05) is 0 Å². The van der Waals surface area contributed by atoms with Crippen LogP contribution in [0, 0.1) is 0 Å². The minimum Gasteiger partial charge on any atom is -0.478 e. The normalized spacial score (nSPS) is 23.4. The van der Waals surface area contributed by atoms with E-state index >= 15 is 0 Å². The summed E-state index contributed by atoms with van der Waals surface area (Å²) in [7, 11) is -0.435. The van der Waals surface area contributed by atoms with Crippen molar-refractivity contribution in [2.45, 2.75) is 12.0 Å². The van der Waals surface area contributed by atoms with Crippen molar-refractivity contribution < 1.29 is 22.5 Å². The number of carboxylic acid groups (broad SMARTS) is 1. The van der Waals surface area contributed by atoms with Gasteiger partial charge in [0.05, 0.1) is 17.9 Å². The van der Waals surface area contributed by atoms with Gasteiger partial charge in [0, 0.05) is 17.4 Å². The molecule has 1 heterocycles. The van der Waals surface area contributed by atoms with Crippen LogP contribution in [0.1, 0.15) is 21.8 Å². The molecule has 0 aliphatic carbocycles. The van der Waals surface area contributed by atoms with Crippen LogP contribution in [0.5, 0.6) is 0 Å². The van der Waals surface area contributed by atoms with Crippen molar-refractivity contribution in [2.75, 3.05) is 17.8 Å². The summed E-state index contributed by atoms with van der Waals surface area (Å²) in [6.45, 7) is 0. The minimum absolute atomic E-state index is 0.201. The van der Waals surface area contributed by atoms with Crippen molar-refractivity contribution in [1.29, 1.82) is 0 Å². The maximum atomic E-state index is 11.3. The molecule has 20 heavy (non-hydrogen) atoms. The molecule has 1 fully saturated rings. The van der Waals surface area contributed by atoms with Crippen molar-refractivity contribution in [3.8, 4) is 0 Å². The highest BCUT2D eigenvalue weighted by molar-refractivity contribution is 8.76. The predicted octanol–water partition coefficient (Wildman–Crippen LogP) is 2.21. The quantitative estimate of drug-likeness (QED) is 0.668. The van der Waals surface area contributed by atoms with Gasteiger partial charge in [-0.1, -0.05) is 39.8 Å². The highest BCUT2D eigenvalue weighted by Gasteiger charge is 2.33. The molecule has 0 amide bonds. The zero-order valence-corrected chi connectivity index (χ0v) is 13.1. The third kappa shape index (κ3) is 3.91. The molecule has 2 unspecified atom stereocenters. The van der Waals surface area contributed by atoms with Gasteiger partial charge in [-0.3, -0.25) is 4.18 Å². The lowest BCUT2D eigenvalue weighted by Gasteiger charge is -2.30. The Labute approximate surface area is 125 Å². The summed E-state index contributed by atoms with van der Waals surface area (Å²) in [5.41, 5.74) is 0.827. The Bertz CT molecular complexity index is 599. The summed E-state index contributed by atoms with van der Waals surface area (Å²) in [5.74, 6) is -0.129. The molecule has 0 radical (unpaired) electrons. The fraction of sp³-hybridized carbons (Fsp3) is 0.417. The van der Waals surface area contributed by atoms with Crippen LogP contribution in [0.15, 0.2) is 24.3 Å². The standard InChI is InChI=1S/C12H14O5S3/c1-20(15,16)17-11-7-19-18-6-10(11)8-4-2-3-5-9(8)12(13)14/h2-5,10-11H,6-7H2,1H3,(H,13,14). The molecule has 5 nitrogen and oxygen atoms in total. The summed E-state index contributed by atoms with van der Waals surface area (Å²) in [5, 5.41) is 9.24. The zero-order chi connectivity index (χ0) is 14.8. The van der Waals surface area contributed by atoms with Gasteiger partial charge in [-0.2, -0.15) is 8.42 Å². The Morgan fingerprint density at radius 3 is 2.60 bits per heavy atom. The van der Waals surface area contributed by atoms with E-state index in [0.717, 1.165) is 6.26 Å². The van der Waals surface area contributed by atoms with Crippen LogP contribution in [0.3, 0.4) is 0 Å². The van der Waals surface area contributed by atoms with Crippen LogP contribution in [0.4, 0.5) is 0 Å². The van der Waals surface area contributed by atoms with Crippen molar-refractivity contribution >= 4 is 37.7 Å². The Morgan fingerprint density at radius 1 is 1.30 bits per heavy atom. The summed E-state index contributed by atoms with van der Waals surface area (Å²) in [6, 6.07) is 6.67. The summed E-state index contributed by atoms with van der Waals surface area (Å²) in [6.07, 6.45) is 0.483. The van der Waals surface area contributed by atoms with Gasteiger partial charge in [-0.15, -0.1) is 0 Å². The molecule has 8 heteroatoms. The first-order valence-electron chi connectivity index (χ1n) is 5.83. The maximum absolute atomic E-state index is 11.3. The molecule has 1 saturated heterocycles. The van der Waals surface area contributed by atoms with Gasteiger partial charge in [-0.05, 0) is 11.6 Å². The third-order valence-corrected chi connectivity index (χ3v) is 5.94. The van der Waals surface area contributed by atoms with Crippen molar-refractivity contribution in [3.05, 3.63) is 35.4 Å². The molecule has 1 aromatic carbocycles. The van der Waals surface area contributed by atoms with Gasteiger partial charge in [0.1, 0.15) is 0 Å². The average molecular weight is 334 g/mol. The SMILES string of the molecule is CS(=O)(=O)OC1CSSCC1c1ccccc1C(=O)O. The van der Waals surface area contributed by atoms with Crippen molar-refractivity contribution in [2.24, 2.45) is 0 Å². The molecule has 2 rings (SSSR count). The highest BCUT2D eigenvalue weighted by Crippen LogP contribution is 2.41. The number of benzene rings is 1. The monoisotopic (exact) mass is 334 g/mol. The lowest BCUT2D eigenvalue weighted by Crippen LogP contribution is -2.32. The van der Waals surface area contributed by atoms with Crippen molar-refractivity contribution in [1.82, 2.24) is 0 Å². The second-order valence-corrected chi connectivity index (χ2v) is 8.56. The molecular weight excluding hydrogens is 320 g/mol. The Balaban J connectivity index is 2.35. The molecule has 0 saturated carbocycles. The molecule has 1 aliphatic rings. The minimum atomic E-state index is -3.57. The van der Waals surface area contributed by atoms with E-state index in [1.54, 1.807) is 29.0 Å². The predicted molar refractivity (Wildman–Crippen MR) is 80.8 cm³/mol. The van der Waals surface area contributed by atoms with Gasteiger partial charge in [0.2, 0.25) is 0 Å². The van der Waals surface area contributed by atoms with Crippen LogP contribution in [-0.4, -0.2) is 43.4 Å². The van der Waals surface area contributed by atoms with Gasteiger partial charge in [-0.25, -0.2) is 4.79 Å². The Morgan fingerprint density at radius 2 is 1.95 bits per heavy atom. The van der Waals surface area contributed by atoms with Crippen LogP contribution in [0.25, 0.3) is 0 Å². The number of hydrogen-bond donors (Lipinski definition) is 1. The van der Waals surface area contributed by atoms with Crippen molar-refractivity contribution in [3.63, 3.8) is 0 Å². The number of hydrogen-bond acceptors (Lipinski definition) is 6. The van der Waals surface area contributed by atoms with E-state index < -0.39 is 22.2 Å². The Hall–Kier alpha value is -0.700. The lowest BCUT2D eigenvalue weighted by atomic mass is 9.91. The summed E-state index contributed by atoms with van der Waals surface area (Å²) in [4.78, 5) is 11.3. The first-order chi connectivity index (χ1) is 9.38. The molecule has 1 aliphatic heterocycles. The van der Waals surface area contributed by atoms with E-state index in [-0.39, 0.29) is 11.5 Å². The zero-order valence-electron chi connectivity index (χ0n) is 10.7.